The minimum absolute atomic E-state index is 0.0505. The van der Waals surface area contributed by atoms with Crippen LogP contribution in [0.3, 0.4) is 0 Å². The lowest BCUT2D eigenvalue weighted by Crippen LogP contribution is -2.36. The fraction of sp³-hybridized carbons (Fsp3) is 0.389. The zero-order valence-corrected chi connectivity index (χ0v) is 13.9. The molecule has 130 valence electrons. The van der Waals surface area contributed by atoms with Crippen LogP contribution in [0.25, 0.3) is 0 Å². The fourth-order valence-electron chi connectivity index (χ4n) is 3.85. The van der Waals surface area contributed by atoms with Gasteiger partial charge in [0.1, 0.15) is 11.5 Å². The Bertz CT molecular complexity index is 834. The number of hydrogen-bond donors (Lipinski definition) is 0. The molecule has 0 spiro atoms. The fourth-order valence-corrected chi connectivity index (χ4v) is 3.85. The van der Waals surface area contributed by atoms with Crippen molar-refractivity contribution < 1.29 is 14.0 Å². The molecule has 3 heterocycles. The van der Waals surface area contributed by atoms with Crippen LogP contribution in [0.5, 0.6) is 0 Å². The van der Waals surface area contributed by atoms with Crippen LogP contribution in [0.4, 0.5) is 4.39 Å². The van der Waals surface area contributed by atoms with Gasteiger partial charge in [0.2, 0.25) is 5.91 Å². The Hall–Kier alpha value is -2.70. The summed E-state index contributed by atoms with van der Waals surface area (Å²) in [5, 5.41) is 4.03. The summed E-state index contributed by atoms with van der Waals surface area (Å²) in [7, 11) is 1.73. The molecular formula is C18H19FN4O2. The monoisotopic (exact) mass is 342 g/mol. The van der Waals surface area contributed by atoms with Gasteiger partial charge in [-0.15, -0.1) is 0 Å². The predicted molar refractivity (Wildman–Crippen MR) is 87.9 cm³/mol. The zero-order valence-electron chi connectivity index (χ0n) is 13.9. The molecule has 0 bridgehead atoms. The molecule has 0 aliphatic carbocycles. The van der Waals surface area contributed by atoms with E-state index in [0.29, 0.717) is 31.9 Å². The van der Waals surface area contributed by atoms with Crippen molar-refractivity contribution in [1.29, 1.82) is 0 Å². The molecule has 2 atom stereocenters. The summed E-state index contributed by atoms with van der Waals surface area (Å²) in [5.41, 5.74) is 1.32. The summed E-state index contributed by atoms with van der Waals surface area (Å²) in [4.78, 5) is 28.8. The van der Waals surface area contributed by atoms with Crippen molar-refractivity contribution in [3.8, 4) is 0 Å². The van der Waals surface area contributed by atoms with E-state index in [1.165, 1.54) is 12.1 Å². The van der Waals surface area contributed by atoms with Crippen LogP contribution in [-0.2, 0) is 18.4 Å². The van der Waals surface area contributed by atoms with E-state index in [0.717, 1.165) is 5.56 Å². The lowest BCUT2D eigenvalue weighted by atomic mass is 10.0. The summed E-state index contributed by atoms with van der Waals surface area (Å²) in [6.07, 6.45) is 1.59. The first kappa shape index (κ1) is 15.8. The average molecular weight is 342 g/mol. The van der Waals surface area contributed by atoms with Gasteiger partial charge in [0.25, 0.3) is 5.91 Å². The number of nitrogens with zero attached hydrogens (tertiary/aromatic N) is 4. The predicted octanol–water partition coefficient (Wildman–Crippen LogP) is 1.29. The highest BCUT2D eigenvalue weighted by molar-refractivity contribution is 5.93. The normalized spacial score (nSPS) is 22.6. The molecule has 1 aromatic heterocycles. The largest absolute Gasteiger partial charge is 0.338 e. The van der Waals surface area contributed by atoms with Crippen molar-refractivity contribution in [3.05, 3.63) is 53.6 Å². The van der Waals surface area contributed by atoms with Gasteiger partial charge in [-0.25, -0.2) is 4.39 Å². The van der Waals surface area contributed by atoms with Gasteiger partial charge in [-0.3, -0.25) is 14.3 Å². The number of carbonyl (C=O) groups is 2. The third kappa shape index (κ3) is 2.79. The van der Waals surface area contributed by atoms with Crippen molar-refractivity contribution in [1.82, 2.24) is 19.6 Å². The van der Waals surface area contributed by atoms with E-state index >= 15 is 0 Å². The van der Waals surface area contributed by atoms with E-state index in [2.05, 4.69) is 5.10 Å². The molecule has 2 amide bonds. The Morgan fingerprint density at radius 2 is 2.12 bits per heavy atom. The number of halogens is 1. The Balaban J connectivity index is 1.43. The topological polar surface area (TPSA) is 58.4 Å². The van der Waals surface area contributed by atoms with Crippen molar-refractivity contribution in [2.24, 2.45) is 18.9 Å². The van der Waals surface area contributed by atoms with E-state index in [1.54, 1.807) is 39.9 Å². The van der Waals surface area contributed by atoms with Crippen LogP contribution in [0.15, 0.2) is 36.5 Å². The molecule has 25 heavy (non-hydrogen) atoms. The molecule has 2 aliphatic heterocycles. The van der Waals surface area contributed by atoms with E-state index in [9.17, 15) is 14.0 Å². The molecule has 6 nitrogen and oxygen atoms in total. The molecule has 0 N–H and O–H groups in total. The third-order valence-electron chi connectivity index (χ3n) is 5.11. The standard InChI is InChI=1S/C18H19FN4O2/c1-21-16(5-6-20-21)18(25)23-10-13-9-22(17(24)15(13)11-23)8-12-3-2-4-14(19)7-12/h2-7,13,15H,8-11H2,1H3/t13-,15+/m0/s1. The lowest BCUT2D eigenvalue weighted by molar-refractivity contribution is -0.131. The molecule has 0 unspecified atom stereocenters. The van der Waals surface area contributed by atoms with Gasteiger partial charge in [-0.2, -0.15) is 5.10 Å². The zero-order chi connectivity index (χ0) is 17.6. The van der Waals surface area contributed by atoms with Crippen LogP contribution in [-0.4, -0.2) is 51.0 Å². The quantitative estimate of drug-likeness (QED) is 0.845. The lowest BCUT2D eigenvalue weighted by Gasteiger charge is -2.22. The highest BCUT2D eigenvalue weighted by Gasteiger charge is 2.47. The summed E-state index contributed by atoms with van der Waals surface area (Å²) in [5.74, 6) is -0.352. The van der Waals surface area contributed by atoms with Gasteiger partial charge in [-0.1, -0.05) is 12.1 Å². The van der Waals surface area contributed by atoms with Crippen LogP contribution >= 0.6 is 0 Å². The Morgan fingerprint density at radius 3 is 2.80 bits per heavy atom. The third-order valence-corrected chi connectivity index (χ3v) is 5.11. The molecular weight excluding hydrogens is 323 g/mol. The molecule has 7 heteroatoms. The van der Waals surface area contributed by atoms with Gasteiger partial charge < -0.3 is 9.80 Å². The van der Waals surface area contributed by atoms with E-state index in [1.807, 2.05) is 6.07 Å². The first-order valence-corrected chi connectivity index (χ1v) is 8.33. The summed E-state index contributed by atoms with van der Waals surface area (Å²) >= 11 is 0. The van der Waals surface area contributed by atoms with Crippen LogP contribution in [0.1, 0.15) is 16.1 Å². The Kier molecular flexibility index (Phi) is 3.78. The molecule has 0 saturated carbocycles. The Morgan fingerprint density at radius 1 is 1.28 bits per heavy atom. The minimum Gasteiger partial charge on any atom is -0.338 e. The number of benzene rings is 1. The van der Waals surface area contributed by atoms with Gasteiger partial charge in [0.05, 0.1) is 5.92 Å². The molecule has 2 saturated heterocycles. The first-order valence-electron chi connectivity index (χ1n) is 8.33. The number of carbonyl (C=O) groups excluding carboxylic acids is 2. The Labute approximate surface area is 144 Å². The second-order valence-electron chi connectivity index (χ2n) is 6.77. The summed E-state index contributed by atoms with van der Waals surface area (Å²) in [6.45, 7) is 2.03. The highest BCUT2D eigenvalue weighted by atomic mass is 19.1. The van der Waals surface area contributed by atoms with Crippen LogP contribution < -0.4 is 0 Å². The number of aryl methyl sites for hydroxylation is 1. The first-order chi connectivity index (χ1) is 12.0. The molecule has 4 rings (SSSR count). The number of hydrogen-bond acceptors (Lipinski definition) is 3. The number of rotatable bonds is 3. The second kappa shape index (κ2) is 5.98. The summed E-state index contributed by atoms with van der Waals surface area (Å²) < 4.78 is 14.9. The summed E-state index contributed by atoms with van der Waals surface area (Å²) in [6, 6.07) is 8.02. The molecule has 2 aliphatic rings. The van der Waals surface area contributed by atoms with Gasteiger partial charge in [0, 0.05) is 45.3 Å². The number of likely N-dealkylation sites (tertiary alicyclic amines) is 2. The number of amides is 2. The van der Waals surface area contributed by atoms with Crippen molar-refractivity contribution in [2.75, 3.05) is 19.6 Å². The molecule has 1 aromatic carbocycles. The smallest absolute Gasteiger partial charge is 0.272 e. The maximum atomic E-state index is 13.3. The molecule has 2 fully saturated rings. The maximum absolute atomic E-state index is 13.3. The molecule has 0 radical (unpaired) electrons. The SMILES string of the molecule is Cn1nccc1C(=O)N1C[C@@H]2CN(Cc3cccc(F)c3)C(=O)[C@@H]2C1. The van der Waals surface area contributed by atoms with E-state index in [-0.39, 0.29) is 29.5 Å². The van der Waals surface area contributed by atoms with Gasteiger partial charge >= 0.3 is 0 Å². The highest BCUT2D eigenvalue weighted by Crippen LogP contribution is 2.33. The number of aromatic nitrogens is 2. The van der Waals surface area contributed by atoms with E-state index < -0.39 is 0 Å². The number of fused-ring (bicyclic) bond motifs is 1. The maximum Gasteiger partial charge on any atom is 0.272 e. The van der Waals surface area contributed by atoms with Gasteiger partial charge in [-0.05, 0) is 23.8 Å². The van der Waals surface area contributed by atoms with Crippen molar-refractivity contribution >= 4 is 11.8 Å². The van der Waals surface area contributed by atoms with Gasteiger partial charge in [0.15, 0.2) is 0 Å². The van der Waals surface area contributed by atoms with Crippen LogP contribution in [0.2, 0.25) is 0 Å². The second-order valence-corrected chi connectivity index (χ2v) is 6.77. The van der Waals surface area contributed by atoms with Crippen molar-refractivity contribution in [3.63, 3.8) is 0 Å². The average Bonchev–Trinajstić information content (AvgIpc) is 3.25. The molecule has 2 aromatic rings. The minimum atomic E-state index is -0.294. The van der Waals surface area contributed by atoms with Crippen molar-refractivity contribution in [2.45, 2.75) is 6.54 Å². The van der Waals surface area contributed by atoms with Crippen LogP contribution in [0, 0.1) is 17.7 Å². The van der Waals surface area contributed by atoms with E-state index in [4.69, 9.17) is 0 Å².